The van der Waals surface area contributed by atoms with Gasteiger partial charge in [-0.1, -0.05) is 17.7 Å². The molecule has 0 N–H and O–H groups in total. The van der Waals surface area contributed by atoms with Crippen molar-refractivity contribution < 1.29 is 14.3 Å². The molecule has 3 aromatic rings. The lowest BCUT2D eigenvalue weighted by atomic mass is 9.95. The van der Waals surface area contributed by atoms with Gasteiger partial charge in [-0.05, 0) is 69.5 Å². The third-order valence-corrected chi connectivity index (χ3v) is 8.24. The summed E-state index contributed by atoms with van der Waals surface area (Å²) in [6, 6.07) is 12.1. The van der Waals surface area contributed by atoms with Gasteiger partial charge in [-0.15, -0.1) is 10.2 Å². The molecule has 6 rings (SSSR count). The minimum absolute atomic E-state index is 0.0369. The maximum atomic E-state index is 13.0. The van der Waals surface area contributed by atoms with Crippen LogP contribution in [-0.2, 0) is 22.6 Å². The van der Waals surface area contributed by atoms with Gasteiger partial charge in [-0.25, -0.2) is 9.78 Å². The maximum Gasteiger partial charge on any atom is 0.410 e. The van der Waals surface area contributed by atoms with Crippen LogP contribution in [0.1, 0.15) is 56.7 Å². The van der Waals surface area contributed by atoms with Gasteiger partial charge in [0.2, 0.25) is 0 Å². The minimum Gasteiger partial charge on any atom is -0.444 e. The van der Waals surface area contributed by atoms with Crippen LogP contribution in [0.25, 0.3) is 5.69 Å². The number of rotatable bonds is 3. The highest BCUT2D eigenvalue weighted by atomic mass is 35.5. The molecule has 0 spiro atoms. The Kier molecular flexibility index (Phi) is 7.89. The maximum absolute atomic E-state index is 13.0. The van der Waals surface area contributed by atoms with Crippen molar-refractivity contribution in [3.05, 3.63) is 64.8 Å². The van der Waals surface area contributed by atoms with E-state index in [0.29, 0.717) is 44.4 Å². The first-order chi connectivity index (χ1) is 19.7. The molecule has 0 aliphatic carbocycles. The highest BCUT2D eigenvalue weighted by molar-refractivity contribution is 6.30. The van der Waals surface area contributed by atoms with E-state index in [2.05, 4.69) is 31.5 Å². The Bertz CT molecular complexity index is 1370. The van der Waals surface area contributed by atoms with Gasteiger partial charge < -0.3 is 19.3 Å². The van der Waals surface area contributed by atoms with Gasteiger partial charge in [0.1, 0.15) is 17.2 Å². The number of benzene rings is 1. The number of anilines is 1. The van der Waals surface area contributed by atoms with E-state index in [0.717, 1.165) is 54.6 Å². The fourth-order valence-electron chi connectivity index (χ4n) is 5.99. The molecule has 3 aliphatic heterocycles. The standard InChI is InChI=1S/C30H38ClN7O3/c1-30(2,3)41-29(39)36-14-15-40-20-24(18-36)37-17-22-16-23(31)7-8-25(22)38-27(19-37)33-34-28(38)21-9-12-35(13-10-21)26-6-4-5-11-32-26/h4-8,11,16,21,24H,9-10,12-15,17-20H2,1-3H3. The Morgan fingerprint density at radius 3 is 2.66 bits per heavy atom. The number of carbonyl (C=O) groups is 1. The van der Waals surface area contributed by atoms with Crippen LogP contribution in [0, 0.1) is 0 Å². The molecule has 3 aliphatic rings. The summed E-state index contributed by atoms with van der Waals surface area (Å²) in [4.78, 5) is 23.9. The van der Waals surface area contributed by atoms with Gasteiger partial charge >= 0.3 is 6.09 Å². The summed E-state index contributed by atoms with van der Waals surface area (Å²) < 4.78 is 13.9. The van der Waals surface area contributed by atoms with Crippen molar-refractivity contribution in [2.24, 2.45) is 0 Å². The van der Waals surface area contributed by atoms with Crippen LogP contribution in [0.5, 0.6) is 0 Å². The predicted molar refractivity (Wildman–Crippen MR) is 156 cm³/mol. The zero-order valence-corrected chi connectivity index (χ0v) is 24.8. The molecule has 0 bridgehead atoms. The highest BCUT2D eigenvalue weighted by Crippen LogP contribution is 2.35. The molecule has 1 atom stereocenters. The van der Waals surface area contributed by atoms with Crippen molar-refractivity contribution in [1.82, 2.24) is 29.5 Å². The number of amides is 1. The molecule has 5 heterocycles. The van der Waals surface area contributed by atoms with Crippen LogP contribution < -0.4 is 4.90 Å². The van der Waals surface area contributed by atoms with E-state index in [1.165, 1.54) is 0 Å². The fourth-order valence-corrected chi connectivity index (χ4v) is 6.18. The van der Waals surface area contributed by atoms with Crippen molar-refractivity contribution in [3.63, 3.8) is 0 Å². The third kappa shape index (κ3) is 6.19. The predicted octanol–water partition coefficient (Wildman–Crippen LogP) is 4.65. The second-order valence-electron chi connectivity index (χ2n) is 12.1. The largest absolute Gasteiger partial charge is 0.444 e. The zero-order chi connectivity index (χ0) is 28.6. The van der Waals surface area contributed by atoms with Gasteiger partial charge in [0, 0.05) is 49.9 Å². The lowest BCUT2D eigenvalue weighted by Crippen LogP contribution is -2.47. The normalized spacial score (nSPS) is 20.6. The number of pyridine rings is 1. The SMILES string of the molecule is CC(C)(C)OC(=O)N1CCOCC(N2Cc3cc(Cl)ccc3-n3c(nnc3C3CCN(c4ccccn4)CC3)C2)C1. The van der Waals surface area contributed by atoms with Gasteiger partial charge in [0.05, 0.1) is 31.5 Å². The quantitative estimate of drug-likeness (QED) is 0.443. The van der Waals surface area contributed by atoms with Crippen LogP contribution in [0.15, 0.2) is 42.6 Å². The van der Waals surface area contributed by atoms with Crippen LogP contribution in [0.2, 0.25) is 5.02 Å². The molecule has 1 amide bonds. The monoisotopic (exact) mass is 579 g/mol. The summed E-state index contributed by atoms with van der Waals surface area (Å²) in [6.07, 6.45) is 3.49. The topological polar surface area (TPSA) is 88.8 Å². The van der Waals surface area contributed by atoms with Crippen molar-refractivity contribution in [1.29, 1.82) is 0 Å². The minimum atomic E-state index is -0.557. The Balaban J connectivity index is 1.26. The van der Waals surface area contributed by atoms with Crippen LogP contribution in [0.4, 0.5) is 10.6 Å². The van der Waals surface area contributed by atoms with Gasteiger partial charge in [0.25, 0.3) is 0 Å². The third-order valence-electron chi connectivity index (χ3n) is 8.00. The van der Waals surface area contributed by atoms with Gasteiger partial charge in [-0.3, -0.25) is 9.47 Å². The number of fused-ring (bicyclic) bond motifs is 3. The second kappa shape index (κ2) is 11.6. The molecule has 41 heavy (non-hydrogen) atoms. The Labute approximate surface area is 246 Å². The summed E-state index contributed by atoms with van der Waals surface area (Å²) in [7, 11) is 0. The number of halogens is 1. The highest BCUT2D eigenvalue weighted by Gasteiger charge is 2.35. The van der Waals surface area contributed by atoms with Gasteiger partial charge in [0.15, 0.2) is 5.82 Å². The Morgan fingerprint density at radius 1 is 1.07 bits per heavy atom. The molecule has 2 aromatic heterocycles. The van der Waals surface area contributed by atoms with Crippen molar-refractivity contribution in [2.75, 3.05) is 44.3 Å². The smallest absolute Gasteiger partial charge is 0.410 e. The molecular weight excluding hydrogens is 542 g/mol. The summed E-state index contributed by atoms with van der Waals surface area (Å²) in [5.74, 6) is 3.20. The Hall–Kier alpha value is -3.21. The number of piperidine rings is 1. The molecule has 2 saturated heterocycles. The first-order valence-corrected chi connectivity index (χ1v) is 14.8. The molecule has 1 aromatic carbocycles. The lowest BCUT2D eigenvalue weighted by Gasteiger charge is -2.32. The fraction of sp³-hybridized carbons (Fsp3) is 0.533. The number of ether oxygens (including phenoxy) is 2. The Morgan fingerprint density at radius 2 is 1.90 bits per heavy atom. The van der Waals surface area contributed by atoms with E-state index >= 15 is 0 Å². The van der Waals surface area contributed by atoms with Gasteiger partial charge in [-0.2, -0.15) is 0 Å². The molecule has 2 fully saturated rings. The van der Waals surface area contributed by atoms with E-state index in [4.69, 9.17) is 31.3 Å². The first-order valence-electron chi connectivity index (χ1n) is 14.4. The summed E-state index contributed by atoms with van der Waals surface area (Å²) in [5.41, 5.74) is 1.62. The van der Waals surface area contributed by atoms with E-state index in [-0.39, 0.29) is 18.1 Å². The average Bonchev–Trinajstić information content (AvgIpc) is 3.11. The van der Waals surface area contributed by atoms with E-state index in [9.17, 15) is 4.79 Å². The number of carbonyl (C=O) groups excluding carboxylic acids is 1. The lowest BCUT2D eigenvalue weighted by molar-refractivity contribution is 0.0208. The number of hydrogen-bond acceptors (Lipinski definition) is 8. The summed E-state index contributed by atoms with van der Waals surface area (Å²) in [6.45, 7) is 10.8. The summed E-state index contributed by atoms with van der Waals surface area (Å²) in [5, 5.41) is 10.2. The van der Waals surface area contributed by atoms with E-state index < -0.39 is 5.60 Å². The van der Waals surface area contributed by atoms with Crippen molar-refractivity contribution in [2.45, 2.75) is 64.3 Å². The van der Waals surface area contributed by atoms with E-state index in [1.807, 2.05) is 51.2 Å². The molecule has 1 unspecified atom stereocenters. The molecule has 10 nitrogen and oxygen atoms in total. The molecular formula is C30H38ClN7O3. The van der Waals surface area contributed by atoms with Crippen LogP contribution in [0.3, 0.4) is 0 Å². The molecule has 218 valence electrons. The summed E-state index contributed by atoms with van der Waals surface area (Å²) >= 11 is 6.51. The number of hydrogen-bond donors (Lipinski definition) is 0. The zero-order valence-electron chi connectivity index (χ0n) is 24.0. The molecule has 11 heteroatoms. The number of aromatic nitrogens is 4. The van der Waals surface area contributed by atoms with Crippen LogP contribution >= 0.6 is 11.6 Å². The van der Waals surface area contributed by atoms with E-state index in [1.54, 1.807) is 4.90 Å². The average molecular weight is 580 g/mol. The first kappa shape index (κ1) is 27.9. The van der Waals surface area contributed by atoms with Crippen molar-refractivity contribution in [3.8, 4) is 5.69 Å². The second-order valence-corrected chi connectivity index (χ2v) is 12.5. The molecule has 0 saturated carbocycles. The van der Waals surface area contributed by atoms with Crippen LogP contribution in [-0.4, -0.2) is 86.7 Å². The van der Waals surface area contributed by atoms with Crippen molar-refractivity contribution >= 4 is 23.5 Å². The molecule has 0 radical (unpaired) electrons. The number of nitrogens with zero attached hydrogens (tertiary/aromatic N) is 7.